The van der Waals surface area contributed by atoms with E-state index < -0.39 is 0 Å². The van der Waals surface area contributed by atoms with Crippen molar-refractivity contribution in [2.45, 2.75) is 18.9 Å². The summed E-state index contributed by atoms with van der Waals surface area (Å²) in [5, 5.41) is 0.685. The van der Waals surface area contributed by atoms with E-state index in [0.717, 1.165) is 23.2 Å². The quantitative estimate of drug-likeness (QED) is 0.561. The van der Waals surface area contributed by atoms with Crippen LogP contribution in [0.4, 0.5) is 4.39 Å². The number of carbonyl (C=O) groups excluding carboxylic acids is 1. The maximum Gasteiger partial charge on any atom is 0.253 e. The summed E-state index contributed by atoms with van der Waals surface area (Å²) in [5.41, 5.74) is 3.47. The Hall–Kier alpha value is -3.18. The molecule has 4 nitrogen and oxygen atoms in total. The van der Waals surface area contributed by atoms with Gasteiger partial charge in [0, 0.05) is 47.9 Å². The molecule has 5 rings (SSSR count). The monoisotopic (exact) mass is 448 g/mol. The molecular weight excluding hydrogens is 427 g/mol. The van der Waals surface area contributed by atoms with Gasteiger partial charge in [-0.25, -0.2) is 4.39 Å². The van der Waals surface area contributed by atoms with Crippen molar-refractivity contribution in [1.82, 2.24) is 9.47 Å². The first-order chi connectivity index (χ1) is 15.5. The van der Waals surface area contributed by atoms with Gasteiger partial charge in [-0.05, 0) is 65.9 Å². The van der Waals surface area contributed by atoms with Gasteiger partial charge in [0.1, 0.15) is 5.82 Å². The van der Waals surface area contributed by atoms with E-state index in [0.29, 0.717) is 30.2 Å². The highest BCUT2D eigenvalue weighted by molar-refractivity contribution is 6.30. The number of carbonyl (C=O) groups is 1. The van der Waals surface area contributed by atoms with Crippen LogP contribution in [-0.2, 0) is 6.54 Å². The lowest BCUT2D eigenvalue weighted by atomic mass is 9.81. The van der Waals surface area contributed by atoms with Crippen molar-refractivity contribution in [3.63, 3.8) is 0 Å². The summed E-state index contributed by atoms with van der Waals surface area (Å²) in [6, 6.07) is 16.7. The van der Waals surface area contributed by atoms with Gasteiger partial charge < -0.3 is 9.47 Å². The van der Waals surface area contributed by atoms with Crippen LogP contribution >= 0.6 is 11.6 Å². The summed E-state index contributed by atoms with van der Waals surface area (Å²) in [6.07, 6.45) is 4.97. The standard InChI is InChI=1S/C26H22ClFN2O2/c27-22-8-2-17(3-9-22)1-4-19-7-12-24(31)30-15-18-13-21(25(19)30)16-29(14-18)26(32)20-5-10-23(28)11-6-20/h1-12,18,21H,13-16H2. The largest absolute Gasteiger partial charge is 0.338 e. The molecule has 1 fully saturated rings. The van der Waals surface area contributed by atoms with Crippen molar-refractivity contribution < 1.29 is 9.18 Å². The summed E-state index contributed by atoms with van der Waals surface area (Å²) >= 11 is 5.98. The molecule has 2 aromatic carbocycles. The molecule has 0 saturated carbocycles. The summed E-state index contributed by atoms with van der Waals surface area (Å²) in [4.78, 5) is 27.5. The van der Waals surface area contributed by atoms with Crippen LogP contribution in [0.5, 0.6) is 0 Å². The minimum absolute atomic E-state index is 0.00310. The van der Waals surface area contributed by atoms with Crippen molar-refractivity contribution in [3.05, 3.63) is 104 Å². The van der Waals surface area contributed by atoms with Crippen LogP contribution in [0.25, 0.3) is 12.2 Å². The van der Waals surface area contributed by atoms with Gasteiger partial charge in [-0.3, -0.25) is 9.59 Å². The van der Waals surface area contributed by atoms with Crippen molar-refractivity contribution in [2.75, 3.05) is 13.1 Å². The maximum atomic E-state index is 13.3. The van der Waals surface area contributed by atoms with Crippen LogP contribution in [-0.4, -0.2) is 28.5 Å². The molecule has 2 aliphatic rings. The Morgan fingerprint density at radius 1 is 0.938 bits per heavy atom. The Bertz CT molecular complexity index is 1250. The molecule has 1 amide bonds. The minimum Gasteiger partial charge on any atom is -0.338 e. The van der Waals surface area contributed by atoms with Crippen LogP contribution in [0.2, 0.25) is 5.02 Å². The lowest BCUT2D eigenvalue weighted by Crippen LogP contribution is -2.49. The van der Waals surface area contributed by atoms with Crippen LogP contribution in [0.15, 0.2) is 65.5 Å². The number of pyridine rings is 1. The number of likely N-dealkylation sites (tertiary alicyclic amines) is 1. The van der Waals surface area contributed by atoms with E-state index >= 15 is 0 Å². The molecule has 2 bridgehead atoms. The third kappa shape index (κ3) is 4.00. The number of hydrogen-bond donors (Lipinski definition) is 0. The Morgan fingerprint density at radius 2 is 1.69 bits per heavy atom. The molecule has 2 atom stereocenters. The third-order valence-electron chi connectivity index (χ3n) is 6.33. The van der Waals surface area contributed by atoms with Crippen LogP contribution in [0.3, 0.4) is 0 Å². The van der Waals surface area contributed by atoms with E-state index in [1.807, 2.05) is 52.0 Å². The lowest BCUT2D eigenvalue weighted by Gasteiger charge is -2.43. The molecule has 0 aliphatic carbocycles. The van der Waals surface area contributed by atoms with Crippen molar-refractivity contribution in [3.8, 4) is 0 Å². The molecule has 3 aromatic rings. The van der Waals surface area contributed by atoms with Crippen LogP contribution in [0, 0.1) is 11.7 Å². The summed E-state index contributed by atoms with van der Waals surface area (Å²) in [5.74, 6) is -0.156. The Morgan fingerprint density at radius 3 is 2.44 bits per heavy atom. The molecular formula is C26H22ClFN2O2. The number of fused-ring (bicyclic) bond motifs is 4. The molecule has 0 radical (unpaired) electrons. The first kappa shape index (κ1) is 20.7. The fourth-order valence-electron chi connectivity index (χ4n) is 4.89. The predicted octanol–water partition coefficient (Wildman–Crippen LogP) is 5.07. The Kier molecular flexibility index (Phi) is 5.43. The van der Waals surface area contributed by atoms with E-state index in [4.69, 9.17) is 11.6 Å². The molecule has 3 heterocycles. The highest BCUT2D eigenvalue weighted by atomic mass is 35.5. The van der Waals surface area contributed by atoms with E-state index in [2.05, 4.69) is 0 Å². The molecule has 1 aromatic heterocycles. The van der Waals surface area contributed by atoms with Gasteiger partial charge >= 0.3 is 0 Å². The second-order valence-electron chi connectivity index (χ2n) is 8.52. The highest BCUT2D eigenvalue weighted by Crippen LogP contribution is 2.37. The lowest BCUT2D eigenvalue weighted by molar-refractivity contribution is 0.0594. The van der Waals surface area contributed by atoms with E-state index in [-0.39, 0.29) is 29.1 Å². The minimum atomic E-state index is -0.359. The van der Waals surface area contributed by atoms with Gasteiger partial charge in [0.05, 0.1) is 0 Å². The Labute approximate surface area is 190 Å². The average Bonchev–Trinajstić information content (AvgIpc) is 2.80. The van der Waals surface area contributed by atoms with Gasteiger partial charge in [-0.1, -0.05) is 35.9 Å². The SMILES string of the molecule is O=C(c1ccc(F)cc1)N1CC2CC(C1)c1c(C=Cc3ccc(Cl)cc3)ccc(=O)n1C2. The van der Waals surface area contributed by atoms with Crippen LogP contribution in [0.1, 0.15) is 39.5 Å². The molecule has 0 N–H and O–H groups in total. The zero-order valence-corrected chi connectivity index (χ0v) is 18.1. The predicted molar refractivity (Wildman–Crippen MR) is 124 cm³/mol. The van der Waals surface area contributed by atoms with Gasteiger partial charge in [0.25, 0.3) is 11.5 Å². The number of nitrogens with zero attached hydrogens (tertiary/aromatic N) is 2. The van der Waals surface area contributed by atoms with Gasteiger partial charge in [-0.15, -0.1) is 0 Å². The number of amides is 1. The van der Waals surface area contributed by atoms with Gasteiger partial charge in [0.2, 0.25) is 0 Å². The average molecular weight is 449 g/mol. The second kappa shape index (κ2) is 8.40. The summed E-state index contributed by atoms with van der Waals surface area (Å²) in [7, 11) is 0. The summed E-state index contributed by atoms with van der Waals surface area (Å²) < 4.78 is 15.1. The Balaban J connectivity index is 1.46. The van der Waals surface area contributed by atoms with E-state index in [1.54, 1.807) is 6.07 Å². The second-order valence-corrected chi connectivity index (χ2v) is 8.96. The number of piperidine rings is 1. The van der Waals surface area contributed by atoms with Crippen molar-refractivity contribution in [2.24, 2.45) is 5.92 Å². The number of benzene rings is 2. The number of halogens is 2. The molecule has 1 saturated heterocycles. The van der Waals surface area contributed by atoms with E-state index in [1.165, 1.54) is 24.3 Å². The molecule has 162 valence electrons. The van der Waals surface area contributed by atoms with Gasteiger partial charge in [-0.2, -0.15) is 0 Å². The smallest absolute Gasteiger partial charge is 0.253 e. The van der Waals surface area contributed by atoms with Crippen molar-refractivity contribution >= 4 is 29.7 Å². The van der Waals surface area contributed by atoms with Crippen LogP contribution < -0.4 is 5.56 Å². The molecule has 32 heavy (non-hydrogen) atoms. The first-order valence-electron chi connectivity index (χ1n) is 10.7. The first-order valence-corrected chi connectivity index (χ1v) is 11.1. The van der Waals surface area contributed by atoms with E-state index in [9.17, 15) is 14.0 Å². The highest BCUT2D eigenvalue weighted by Gasteiger charge is 2.37. The summed E-state index contributed by atoms with van der Waals surface area (Å²) in [6.45, 7) is 1.74. The number of rotatable bonds is 3. The molecule has 0 spiro atoms. The number of hydrogen-bond acceptors (Lipinski definition) is 2. The topological polar surface area (TPSA) is 42.3 Å². The fourth-order valence-corrected chi connectivity index (χ4v) is 5.02. The third-order valence-corrected chi connectivity index (χ3v) is 6.58. The fraction of sp³-hybridized carbons (Fsp3) is 0.231. The molecule has 2 unspecified atom stereocenters. The maximum absolute atomic E-state index is 13.3. The van der Waals surface area contributed by atoms with Crippen molar-refractivity contribution in [1.29, 1.82) is 0 Å². The molecule has 2 aliphatic heterocycles. The zero-order chi connectivity index (χ0) is 22.2. The number of aromatic nitrogens is 1. The molecule has 6 heteroatoms. The zero-order valence-electron chi connectivity index (χ0n) is 17.4. The van der Waals surface area contributed by atoms with Gasteiger partial charge in [0.15, 0.2) is 0 Å². The normalized spacial score (nSPS) is 19.8.